The van der Waals surface area contributed by atoms with Crippen LogP contribution in [0.4, 0.5) is 0 Å². The minimum Gasteiger partial charge on any atom is -0.491 e. The molecule has 1 aromatic rings. The van der Waals surface area contributed by atoms with Gasteiger partial charge in [0, 0.05) is 6.42 Å². The number of nitrogens with two attached hydrogens (primary N) is 1. The second-order valence-electron chi connectivity index (χ2n) is 6.21. The van der Waals surface area contributed by atoms with Crippen LogP contribution in [0.2, 0.25) is 0 Å². The van der Waals surface area contributed by atoms with Crippen LogP contribution in [-0.4, -0.2) is 24.7 Å². The average Bonchev–Trinajstić information content (AvgIpc) is 2.36. The number of benzene rings is 1. The fourth-order valence-corrected chi connectivity index (χ4v) is 2.56. The molecule has 2 N–H and O–H groups in total. The summed E-state index contributed by atoms with van der Waals surface area (Å²) in [6.07, 6.45) is 0.216. The van der Waals surface area contributed by atoms with Crippen molar-refractivity contribution in [2.45, 2.75) is 58.6 Å². The Balaban J connectivity index is 2.73. The lowest BCUT2D eigenvalue weighted by Crippen LogP contribution is -2.48. The third-order valence-corrected chi connectivity index (χ3v) is 3.56. The van der Waals surface area contributed by atoms with Crippen molar-refractivity contribution in [1.82, 2.24) is 0 Å². The summed E-state index contributed by atoms with van der Waals surface area (Å²) in [6, 6.07) is 6.08. The first-order valence-corrected chi connectivity index (χ1v) is 7.32. The fourth-order valence-electron chi connectivity index (χ4n) is 2.56. The number of esters is 1. The molecule has 0 amide bonds. The van der Waals surface area contributed by atoms with Crippen LogP contribution >= 0.6 is 0 Å². The van der Waals surface area contributed by atoms with Crippen molar-refractivity contribution in [2.24, 2.45) is 5.73 Å². The second-order valence-corrected chi connectivity index (χ2v) is 6.21. The first-order valence-electron chi connectivity index (χ1n) is 7.32. The molecule has 0 saturated heterocycles. The predicted octanol–water partition coefficient (Wildman–Crippen LogP) is 3.17. The minimum atomic E-state index is -1.04. The van der Waals surface area contributed by atoms with E-state index in [-0.39, 0.29) is 6.10 Å². The van der Waals surface area contributed by atoms with Crippen LogP contribution in [0, 0.1) is 6.92 Å². The van der Waals surface area contributed by atoms with Crippen molar-refractivity contribution in [3.8, 4) is 5.75 Å². The third-order valence-electron chi connectivity index (χ3n) is 3.56. The highest BCUT2D eigenvalue weighted by atomic mass is 16.5. The van der Waals surface area contributed by atoms with Gasteiger partial charge in [-0.05, 0) is 49.9 Å². The third kappa shape index (κ3) is 4.74. The Hall–Kier alpha value is -1.55. The van der Waals surface area contributed by atoms with Gasteiger partial charge in [0.2, 0.25) is 0 Å². The molecule has 0 aliphatic heterocycles. The lowest BCUT2D eigenvalue weighted by atomic mass is 9.96. The van der Waals surface area contributed by atoms with E-state index in [4.69, 9.17) is 15.2 Å². The molecular formula is C17H27NO3. The van der Waals surface area contributed by atoms with Gasteiger partial charge < -0.3 is 15.2 Å². The lowest BCUT2D eigenvalue weighted by Gasteiger charge is -2.26. The highest BCUT2D eigenvalue weighted by molar-refractivity contribution is 5.79. The molecule has 0 saturated carbocycles. The average molecular weight is 293 g/mol. The molecule has 0 bridgehead atoms. The lowest BCUT2D eigenvalue weighted by molar-refractivity contribution is -0.147. The molecule has 0 fully saturated rings. The number of hydrogen-bond donors (Lipinski definition) is 1. The summed E-state index contributed by atoms with van der Waals surface area (Å²) in [4.78, 5) is 11.6. The van der Waals surface area contributed by atoms with Gasteiger partial charge >= 0.3 is 5.97 Å². The van der Waals surface area contributed by atoms with Gasteiger partial charge in [0.25, 0.3) is 0 Å². The monoisotopic (exact) mass is 293 g/mol. The molecule has 0 spiro atoms. The van der Waals surface area contributed by atoms with E-state index in [0.717, 1.165) is 5.75 Å². The highest BCUT2D eigenvalue weighted by Crippen LogP contribution is 2.25. The van der Waals surface area contributed by atoms with Gasteiger partial charge in [0.15, 0.2) is 0 Å². The molecule has 1 aromatic carbocycles. The zero-order chi connectivity index (χ0) is 16.2. The van der Waals surface area contributed by atoms with E-state index < -0.39 is 11.5 Å². The first-order chi connectivity index (χ1) is 9.67. The highest BCUT2D eigenvalue weighted by Gasteiger charge is 2.32. The number of methoxy groups -OCH3 is 1. The van der Waals surface area contributed by atoms with E-state index in [1.807, 2.05) is 19.1 Å². The fraction of sp³-hybridized carbons (Fsp3) is 0.588. The summed E-state index contributed by atoms with van der Waals surface area (Å²) in [7, 11) is 1.34. The minimum absolute atomic E-state index is 0.177. The molecule has 0 aliphatic carbocycles. The van der Waals surface area contributed by atoms with Gasteiger partial charge in [-0.15, -0.1) is 0 Å². The number of aryl methyl sites for hydroxylation is 1. The molecule has 0 aliphatic rings. The molecule has 2 unspecified atom stereocenters. The summed E-state index contributed by atoms with van der Waals surface area (Å²) < 4.78 is 10.6. The van der Waals surface area contributed by atoms with Gasteiger partial charge in [-0.1, -0.05) is 19.9 Å². The predicted molar refractivity (Wildman–Crippen MR) is 84.6 cm³/mol. The largest absolute Gasteiger partial charge is 0.491 e. The molecule has 0 aromatic heterocycles. The Morgan fingerprint density at radius 2 is 1.95 bits per heavy atom. The van der Waals surface area contributed by atoms with Gasteiger partial charge in [-0.2, -0.15) is 0 Å². The number of hydrogen-bond acceptors (Lipinski definition) is 4. The summed E-state index contributed by atoms with van der Waals surface area (Å²) in [5, 5.41) is 0. The molecular weight excluding hydrogens is 266 g/mol. The van der Waals surface area contributed by atoms with E-state index in [2.05, 4.69) is 26.8 Å². The van der Waals surface area contributed by atoms with Crippen molar-refractivity contribution in [1.29, 1.82) is 0 Å². The van der Waals surface area contributed by atoms with E-state index >= 15 is 0 Å². The van der Waals surface area contributed by atoms with E-state index in [1.165, 1.54) is 18.2 Å². The number of carbonyl (C=O) groups is 1. The van der Waals surface area contributed by atoms with Gasteiger partial charge in [-0.25, -0.2) is 0 Å². The van der Waals surface area contributed by atoms with Crippen LogP contribution in [0.5, 0.6) is 5.75 Å². The molecule has 2 atom stereocenters. The summed E-state index contributed by atoms with van der Waals surface area (Å²) >= 11 is 0. The molecule has 1 rings (SSSR count). The van der Waals surface area contributed by atoms with Gasteiger partial charge in [0.05, 0.1) is 13.2 Å². The molecule has 0 heterocycles. The van der Waals surface area contributed by atoms with Crippen molar-refractivity contribution >= 4 is 5.97 Å². The van der Waals surface area contributed by atoms with Crippen LogP contribution in [0.3, 0.4) is 0 Å². The van der Waals surface area contributed by atoms with Crippen molar-refractivity contribution < 1.29 is 14.3 Å². The summed E-state index contributed by atoms with van der Waals surface area (Å²) in [5.74, 6) is 0.859. The van der Waals surface area contributed by atoms with Crippen molar-refractivity contribution in [2.75, 3.05) is 7.11 Å². The molecule has 4 heteroatoms. The van der Waals surface area contributed by atoms with E-state index in [0.29, 0.717) is 12.3 Å². The molecule has 21 heavy (non-hydrogen) atoms. The van der Waals surface area contributed by atoms with Crippen LogP contribution in [0.15, 0.2) is 18.2 Å². The smallest absolute Gasteiger partial charge is 0.325 e. The van der Waals surface area contributed by atoms with Gasteiger partial charge in [-0.3, -0.25) is 4.79 Å². The maximum atomic E-state index is 11.6. The Morgan fingerprint density at radius 3 is 2.43 bits per heavy atom. The van der Waals surface area contributed by atoms with Crippen LogP contribution in [-0.2, 0) is 9.53 Å². The Labute approximate surface area is 127 Å². The Kier molecular flexibility index (Phi) is 5.78. The molecule has 118 valence electrons. The van der Waals surface area contributed by atoms with E-state index in [1.54, 1.807) is 6.92 Å². The second kappa shape index (κ2) is 6.94. The summed E-state index contributed by atoms with van der Waals surface area (Å²) in [6.45, 7) is 9.98. The number of ether oxygens (including phenoxy) is 2. The number of carbonyl (C=O) groups excluding carboxylic acids is 1. The van der Waals surface area contributed by atoms with Crippen LogP contribution < -0.4 is 10.5 Å². The standard InChI is InChI=1S/C17H27NO3/c1-11(2)15-8-7-14(9-12(15)3)21-13(4)10-17(5,18)16(19)20-6/h7-9,11,13H,10,18H2,1-6H3. The SMILES string of the molecule is COC(=O)C(C)(N)CC(C)Oc1ccc(C(C)C)c(C)c1. The topological polar surface area (TPSA) is 61.5 Å². The number of rotatable bonds is 6. The zero-order valence-electron chi connectivity index (χ0n) is 13.9. The maximum absolute atomic E-state index is 11.6. The quantitative estimate of drug-likeness (QED) is 0.818. The van der Waals surface area contributed by atoms with E-state index in [9.17, 15) is 4.79 Å². The van der Waals surface area contributed by atoms with Crippen molar-refractivity contribution in [3.63, 3.8) is 0 Å². The molecule has 4 nitrogen and oxygen atoms in total. The van der Waals surface area contributed by atoms with Crippen LogP contribution in [0.25, 0.3) is 0 Å². The zero-order valence-corrected chi connectivity index (χ0v) is 13.9. The Bertz CT molecular complexity index is 495. The van der Waals surface area contributed by atoms with Gasteiger partial charge in [0.1, 0.15) is 11.3 Å². The first kappa shape index (κ1) is 17.5. The molecule has 0 radical (unpaired) electrons. The van der Waals surface area contributed by atoms with Crippen LogP contribution in [0.1, 0.15) is 51.2 Å². The summed E-state index contributed by atoms with van der Waals surface area (Å²) in [5.41, 5.74) is 7.44. The van der Waals surface area contributed by atoms with Crippen molar-refractivity contribution in [3.05, 3.63) is 29.3 Å². The normalized spacial score (nSPS) is 15.4. The Morgan fingerprint density at radius 1 is 1.33 bits per heavy atom. The maximum Gasteiger partial charge on any atom is 0.325 e.